The molecule has 0 aliphatic rings. The van der Waals surface area contributed by atoms with Gasteiger partial charge in [-0.1, -0.05) is 6.07 Å². The highest BCUT2D eigenvalue weighted by molar-refractivity contribution is 7.89. The molecule has 21 heavy (non-hydrogen) atoms. The fraction of sp³-hybridized carbons (Fsp3) is 0.154. The smallest absolute Gasteiger partial charge is 0.247 e. The van der Waals surface area contributed by atoms with Crippen LogP contribution in [0.1, 0.15) is 18.7 Å². The molecule has 1 heterocycles. The minimum Gasteiger partial charge on any atom is -0.399 e. The van der Waals surface area contributed by atoms with Gasteiger partial charge in [-0.15, -0.1) is 0 Å². The van der Waals surface area contributed by atoms with E-state index in [1.54, 1.807) is 18.2 Å². The topological polar surface area (TPSA) is 85.1 Å². The molecule has 8 heteroatoms. The maximum absolute atomic E-state index is 13.7. The van der Waals surface area contributed by atoms with Gasteiger partial charge in [0.2, 0.25) is 10.0 Å². The maximum Gasteiger partial charge on any atom is 0.247 e. The lowest BCUT2D eigenvalue weighted by atomic mass is 10.2. The molecule has 2 rings (SSSR count). The van der Waals surface area contributed by atoms with Gasteiger partial charge in [0.05, 0.1) is 11.7 Å². The van der Waals surface area contributed by atoms with Gasteiger partial charge in [0.25, 0.3) is 0 Å². The molecule has 0 saturated heterocycles. The molecule has 0 spiro atoms. The number of anilines is 1. The standard InChI is InChI=1S/C13H13F2N3O2S/c1-8(12-4-2-3-5-17-12)18-21(19,20)13-10(14)6-9(16)7-11(13)15/h2-8,18H,16H2,1H3. The van der Waals surface area contributed by atoms with Crippen LogP contribution < -0.4 is 10.5 Å². The zero-order valence-electron chi connectivity index (χ0n) is 11.0. The Bertz CT molecular complexity index is 728. The Morgan fingerprint density at radius 1 is 1.24 bits per heavy atom. The molecule has 1 aromatic carbocycles. The normalized spacial score (nSPS) is 13.1. The minimum atomic E-state index is -4.38. The van der Waals surface area contributed by atoms with Crippen molar-refractivity contribution in [2.75, 3.05) is 5.73 Å². The lowest BCUT2D eigenvalue weighted by molar-refractivity contribution is 0.509. The van der Waals surface area contributed by atoms with E-state index in [4.69, 9.17) is 5.73 Å². The van der Waals surface area contributed by atoms with Crippen LogP contribution in [0.25, 0.3) is 0 Å². The SMILES string of the molecule is CC(NS(=O)(=O)c1c(F)cc(N)cc1F)c1ccccn1. The Labute approximate surface area is 120 Å². The van der Waals surface area contributed by atoms with E-state index in [1.165, 1.54) is 13.1 Å². The van der Waals surface area contributed by atoms with Crippen LogP contribution in [0.5, 0.6) is 0 Å². The lowest BCUT2D eigenvalue weighted by Crippen LogP contribution is -2.29. The number of nitrogens with zero attached hydrogens (tertiary/aromatic N) is 1. The summed E-state index contributed by atoms with van der Waals surface area (Å²) in [7, 11) is -4.38. The summed E-state index contributed by atoms with van der Waals surface area (Å²) >= 11 is 0. The molecular weight excluding hydrogens is 300 g/mol. The molecule has 0 saturated carbocycles. The van der Waals surface area contributed by atoms with Gasteiger partial charge >= 0.3 is 0 Å². The van der Waals surface area contributed by atoms with E-state index in [0.717, 1.165) is 12.1 Å². The van der Waals surface area contributed by atoms with Gasteiger partial charge in [-0.05, 0) is 31.2 Å². The first-order chi connectivity index (χ1) is 9.81. The molecule has 0 aliphatic carbocycles. The second-order valence-corrected chi connectivity index (χ2v) is 6.06. The van der Waals surface area contributed by atoms with Crippen LogP contribution in [0.15, 0.2) is 41.4 Å². The molecule has 1 unspecified atom stereocenters. The summed E-state index contributed by atoms with van der Waals surface area (Å²) in [5.74, 6) is -2.48. The Morgan fingerprint density at radius 3 is 2.38 bits per heavy atom. The number of nitrogens with two attached hydrogens (primary N) is 1. The van der Waals surface area contributed by atoms with Gasteiger partial charge in [-0.2, -0.15) is 0 Å². The monoisotopic (exact) mass is 313 g/mol. The van der Waals surface area contributed by atoms with Gasteiger partial charge in [0.1, 0.15) is 11.6 Å². The number of aromatic nitrogens is 1. The molecule has 2 aromatic rings. The summed E-state index contributed by atoms with van der Waals surface area (Å²) in [4.78, 5) is 2.92. The van der Waals surface area contributed by atoms with E-state index in [1.807, 2.05) is 0 Å². The number of hydrogen-bond donors (Lipinski definition) is 2. The van der Waals surface area contributed by atoms with Crippen LogP contribution >= 0.6 is 0 Å². The fourth-order valence-corrected chi connectivity index (χ4v) is 3.16. The highest BCUT2D eigenvalue weighted by Gasteiger charge is 2.26. The Morgan fingerprint density at radius 2 is 1.86 bits per heavy atom. The Balaban J connectivity index is 2.36. The number of rotatable bonds is 4. The molecule has 0 amide bonds. The molecule has 112 valence electrons. The molecule has 1 aromatic heterocycles. The van der Waals surface area contributed by atoms with Crippen molar-refractivity contribution in [1.82, 2.24) is 9.71 Å². The second kappa shape index (κ2) is 5.74. The van der Waals surface area contributed by atoms with Crippen LogP contribution in [0.4, 0.5) is 14.5 Å². The van der Waals surface area contributed by atoms with E-state index >= 15 is 0 Å². The van der Waals surface area contributed by atoms with Gasteiger partial charge in [-0.3, -0.25) is 4.98 Å². The molecule has 5 nitrogen and oxygen atoms in total. The van der Waals surface area contributed by atoms with Crippen LogP contribution in [-0.2, 0) is 10.0 Å². The number of hydrogen-bond acceptors (Lipinski definition) is 4. The molecule has 0 bridgehead atoms. The van der Waals surface area contributed by atoms with E-state index in [-0.39, 0.29) is 5.69 Å². The predicted octanol–water partition coefficient (Wildman–Crippen LogP) is 1.98. The van der Waals surface area contributed by atoms with Crippen molar-refractivity contribution in [3.8, 4) is 0 Å². The molecule has 1 atom stereocenters. The van der Waals surface area contributed by atoms with Crippen molar-refractivity contribution in [2.24, 2.45) is 0 Å². The third-order valence-electron chi connectivity index (χ3n) is 2.75. The van der Waals surface area contributed by atoms with Crippen molar-refractivity contribution in [3.05, 3.63) is 53.9 Å². The van der Waals surface area contributed by atoms with Gasteiger partial charge in [0.15, 0.2) is 4.90 Å². The second-order valence-electron chi connectivity index (χ2n) is 4.41. The average molecular weight is 313 g/mol. The van der Waals surface area contributed by atoms with Gasteiger partial charge in [0, 0.05) is 11.9 Å². The van der Waals surface area contributed by atoms with E-state index in [0.29, 0.717) is 5.69 Å². The van der Waals surface area contributed by atoms with Crippen molar-refractivity contribution in [3.63, 3.8) is 0 Å². The fourth-order valence-electron chi connectivity index (χ4n) is 1.82. The van der Waals surface area contributed by atoms with Crippen molar-refractivity contribution < 1.29 is 17.2 Å². The highest BCUT2D eigenvalue weighted by Crippen LogP contribution is 2.23. The first-order valence-corrected chi connectivity index (χ1v) is 7.47. The first-order valence-electron chi connectivity index (χ1n) is 5.99. The Kier molecular flexibility index (Phi) is 4.19. The first kappa shape index (κ1) is 15.3. The van der Waals surface area contributed by atoms with Crippen molar-refractivity contribution >= 4 is 15.7 Å². The zero-order valence-corrected chi connectivity index (χ0v) is 11.9. The lowest BCUT2D eigenvalue weighted by Gasteiger charge is -2.14. The highest BCUT2D eigenvalue weighted by atomic mass is 32.2. The summed E-state index contributed by atoms with van der Waals surface area (Å²) in [6, 6.07) is 5.71. The maximum atomic E-state index is 13.7. The van der Waals surface area contributed by atoms with Crippen LogP contribution in [0, 0.1) is 11.6 Å². The average Bonchev–Trinajstić information content (AvgIpc) is 2.37. The quantitative estimate of drug-likeness (QED) is 0.845. The number of pyridine rings is 1. The van der Waals surface area contributed by atoms with Crippen LogP contribution in [0.2, 0.25) is 0 Å². The number of halogens is 2. The third-order valence-corrected chi connectivity index (χ3v) is 4.34. The zero-order chi connectivity index (χ0) is 15.6. The summed E-state index contributed by atoms with van der Waals surface area (Å²) in [6.45, 7) is 1.52. The molecular formula is C13H13F2N3O2S. The molecule has 3 N–H and O–H groups in total. The minimum absolute atomic E-state index is 0.193. The Hall–Kier alpha value is -2.06. The summed E-state index contributed by atoms with van der Waals surface area (Å²) in [5.41, 5.74) is 5.49. The van der Waals surface area contributed by atoms with E-state index in [9.17, 15) is 17.2 Å². The van der Waals surface area contributed by atoms with Crippen LogP contribution in [0.3, 0.4) is 0 Å². The third kappa shape index (κ3) is 3.34. The predicted molar refractivity (Wildman–Crippen MR) is 73.7 cm³/mol. The van der Waals surface area contributed by atoms with Gasteiger partial charge in [-0.25, -0.2) is 21.9 Å². The number of nitrogen functional groups attached to an aromatic ring is 1. The van der Waals surface area contributed by atoms with Gasteiger partial charge < -0.3 is 5.73 Å². The van der Waals surface area contributed by atoms with E-state index < -0.39 is 32.6 Å². The van der Waals surface area contributed by atoms with Crippen molar-refractivity contribution in [1.29, 1.82) is 0 Å². The number of nitrogens with one attached hydrogen (secondary N) is 1. The molecule has 0 radical (unpaired) electrons. The number of sulfonamides is 1. The van der Waals surface area contributed by atoms with E-state index in [2.05, 4.69) is 9.71 Å². The molecule has 0 aliphatic heterocycles. The summed E-state index contributed by atoms with van der Waals surface area (Å²) in [6.07, 6.45) is 1.49. The molecule has 0 fully saturated rings. The summed E-state index contributed by atoms with van der Waals surface area (Å²) in [5, 5.41) is 0. The van der Waals surface area contributed by atoms with Crippen LogP contribution in [-0.4, -0.2) is 13.4 Å². The largest absolute Gasteiger partial charge is 0.399 e. The van der Waals surface area contributed by atoms with Crippen molar-refractivity contribution in [2.45, 2.75) is 17.9 Å². The number of benzene rings is 1. The summed E-state index contributed by atoms with van der Waals surface area (Å²) < 4.78 is 53.8.